The van der Waals surface area contributed by atoms with Gasteiger partial charge in [-0.3, -0.25) is 4.72 Å². The highest BCUT2D eigenvalue weighted by molar-refractivity contribution is 7.92. The van der Waals surface area contributed by atoms with Crippen LogP contribution in [0.5, 0.6) is 5.75 Å². The summed E-state index contributed by atoms with van der Waals surface area (Å²) in [7, 11) is -3.48. The monoisotopic (exact) mass is 499 g/mol. The molecule has 0 atom stereocenters. The van der Waals surface area contributed by atoms with Gasteiger partial charge in [0, 0.05) is 11.8 Å². The average Bonchev–Trinajstić information content (AvgIpc) is 2.69. The molecule has 0 aliphatic carbocycles. The number of anilines is 5. The molecule has 0 aliphatic heterocycles. The number of carboxylic acids is 1. The Bertz CT molecular complexity index is 1210. The third-order valence-electron chi connectivity index (χ3n) is 3.67. The predicted molar refractivity (Wildman–Crippen MR) is 125 cm³/mol. The summed E-state index contributed by atoms with van der Waals surface area (Å²) in [4.78, 5) is 19.1. The van der Waals surface area contributed by atoms with Crippen molar-refractivity contribution < 1.29 is 23.1 Å². The van der Waals surface area contributed by atoms with Crippen molar-refractivity contribution >= 4 is 68.8 Å². The van der Waals surface area contributed by atoms with Crippen molar-refractivity contribution in [1.29, 1.82) is 0 Å². The minimum Gasteiger partial charge on any atom is -0.482 e. The number of rotatable bonds is 9. The number of nitrogens with one attached hydrogen (secondary N) is 3. The standard InChI is InChI=1S/C19H18ClN5O5S.ClH/c1-31(28,29)25-16-8-3-2-7-15(16)23-18-14(20)10-21-19(24-18)22-12-5-4-6-13(9-12)30-11-17(26)27;/h2-10,25H,11H2,1H3,(H,26,27)(H2,21,22,23,24);1H. The third-order valence-corrected chi connectivity index (χ3v) is 4.54. The molecule has 3 rings (SSSR count). The minimum atomic E-state index is -3.48. The van der Waals surface area contributed by atoms with E-state index in [4.69, 9.17) is 21.4 Å². The zero-order valence-corrected chi connectivity index (χ0v) is 19.0. The lowest BCUT2D eigenvalue weighted by Gasteiger charge is -2.14. The summed E-state index contributed by atoms with van der Waals surface area (Å²) in [5.74, 6) is -0.266. The van der Waals surface area contributed by atoms with Gasteiger partial charge in [0.15, 0.2) is 12.4 Å². The van der Waals surface area contributed by atoms with Crippen LogP contribution in [0.3, 0.4) is 0 Å². The Morgan fingerprint density at radius 1 is 1.12 bits per heavy atom. The fourth-order valence-electron chi connectivity index (χ4n) is 2.46. The number of halogens is 2. The van der Waals surface area contributed by atoms with Crippen LogP contribution in [0.1, 0.15) is 0 Å². The van der Waals surface area contributed by atoms with Crippen molar-refractivity contribution in [3.05, 3.63) is 59.8 Å². The zero-order valence-electron chi connectivity index (χ0n) is 16.6. The molecule has 13 heteroatoms. The highest BCUT2D eigenvalue weighted by atomic mass is 35.5. The molecular weight excluding hydrogens is 481 g/mol. The van der Waals surface area contributed by atoms with E-state index in [2.05, 4.69) is 25.3 Å². The van der Waals surface area contributed by atoms with Crippen LogP contribution in [0.4, 0.5) is 28.8 Å². The molecule has 32 heavy (non-hydrogen) atoms. The second-order valence-corrected chi connectivity index (χ2v) is 8.43. The van der Waals surface area contributed by atoms with E-state index in [1.807, 2.05) is 0 Å². The number of carbonyl (C=O) groups is 1. The zero-order chi connectivity index (χ0) is 22.4. The van der Waals surface area contributed by atoms with Gasteiger partial charge in [0.2, 0.25) is 16.0 Å². The Labute approximate surface area is 195 Å². The van der Waals surface area contributed by atoms with E-state index in [-0.39, 0.29) is 29.2 Å². The molecule has 0 saturated heterocycles. The number of ether oxygens (including phenoxy) is 1. The summed E-state index contributed by atoms with van der Waals surface area (Å²) < 4.78 is 30.8. The number of sulfonamides is 1. The van der Waals surface area contributed by atoms with E-state index >= 15 is 0 Å². The van der Waals surface area contributed by atoms with E-state index < -0.39 is 22.6 Å². The van der Waals surface area contributed by atoms with Gasteiger partial charge >= 0.3 is 5.97 Å². The predicted octanol–water partition coefficient (Wildman–Crippen LogP) is 3.87. The van der Waals surface area contributed by atoms with Crippen LogP contribution in [0.15, 0.2) is 54.7 Å². The van der Waals surface area contributed by atoms with Gasteiger partial charge in [0.25, 0.3) is 0 Å². The van der Waals surface area contributed by atoms with E-state index in [1.54, 1.807) is 48.5 Å². The van der Waals surface area contributed by atoms with Crippen molar-refractivity contribution in [3.63, 3.8) is 0 Å². The molecule has 0 unspecified atom stereocenters. The lowest BCUT2D eigenvalue weighted by Crippen LogP contribution is -2.11. The molecule has 2 aromatic carbocycles. The van der Waals surface area contributed by atoms with Gasteiger partial charge in [-0.15, -0.1) is 12.4 Å². The minimum absolute atomic E-state index is 0. The fourth-order valence-corrected chi connectivity index (χ4v) is 3.18. The lowest BCUT2D eigenvalue weighted by atomic mass is 10.2. The van der Waals surface area contributed by atoms with Crippen LogP contribution in [0.25, 0.3) is 0 Å². The first-order chi connectivity index (χ1) is 14.7. The smallest absolute Gasteiger partial charge is 0.341 e. The second-order valence-electron chi connectivity index (χ2n) is 6.27. The highest BCUT2D eigenvalue weighted by Crippen LogP contribution is 2.30. The van der Waals surface area contributed by atoms with Gasteiger partial charge in [-0.25, -0.2) is 18.2 Å². The number of nitrogens with zero attached hydrogens (tertiary/aromatic N) is 2. The molecule has 4 N–H and O–H groups in total. The molecule has 0 fully saturated rings. The molecular formula is C19H19Cl2N5O5S. The molecule has 170 valence electrons. The first kappa shape index (κ1) is 25.0. The van der Waals surface area contributed by atoms with Crippen molar-refractivity contribution in [3.8, 4) is 5.75 Å². The van der Waals surface area contributed by atoms with Crippen LogP contribution >= 0.6 is 24.0 Å². The molecule has 1 aromatic heterocycles. The van der Waals surface area contributed by atoms with Crippen molar-refractivity contribution in [1.82, 2.24) is 9.97 Å². The summed E-state index contributed by atoms with van der Waals surface area (Å²) in [6.07, 6.45) is 2.44. The summed E-state index contributed by atoms with van der Waals surface area (Å²) in [5.41, 5.74) is 1.34. The van der Waals surface area contributed by atoms with Crippen LogP contribution < -0.4 is 20.1 Å². The number of carboxylic acid groups (broad SMARTS) is 1. The largest absolute Gasteiger partial charge is 0.482 e. The van der Waals surface area contributed by atoms with Crippen LogP contribution in [0.2, 0.25) is 5.02 Å². The highest BCUT2D eigenvalue weighted by Gasteiger charge is 2.11. The summed E-state index contributed by atoms with van der Waals surface area (Å²) in [6.45, 7) is -0.462. The van der Waals surface area contributed by atoms with E-state index in [1.165, 1.54) is 6.20 Å². The fraction of sp³-hybridized carbons (Fsp3) is 0.105. The maximum absolute atomic E-state index is 11.6. The molecule has 10 nitrogen and oxygen atoms in total. The SMILES string of the molecule is CS(=O)(=O)Nc1ccccc1Nc1nc(Nc2cccc(OCC(=O)O)c2)ncc1Cl.Cl. The number of para-hydroxylation sites is 2. The molecule has 0 bridgehead atoms. The van der Waals surface area contributed by atoms with E-state index in [0.29, 0.717) is 22.8 Å². The van der Waals surface area contributed by atoms with Crippen molar-refractivity contribution in [2.45, 2.75) is 0 Å². The lowest BCUT2D eigenvalue weighted by molar-refractivity contribution is -0.139. The Balaban J connectivity index is 0.00000363. The van der Waals surface area contributed by atoms with Gasteiger partial charge < -0.3 is 20.5 Å². The second kappa shape index (κ2) is 10.8. The maximum atomic E-state index is 11.6. The third kappa shape index (κ3) is 7.45. The van der Waals surface area contributed by atoms with Crippen molar-refractivity contribution in [2.24, 2.45) is 0 Å². The Hall–Kier alpha value is -3.28. The molecule has 0 radical (unpaired) electrons. The molecule has 1 heterocycles. The van der Waals surface area contributed by atoms with Crippen LogP contribution in [0, 0.1) is 0 Å². The Morgan fingerprint density at radius 2 is 1.84 bits per heavy atom. The molecule has 0 saturated carbocycles. The number of hydrogen-bond donors (Lipinski definition) is 4. The molecule has 0 spiro atoms. The first-order valence-corrected chi connectivity index (χ1v) is 11.0. The summed E-state index contributed by atoms with van der Waals surface area (Å²) in [5, 5.41) is 14.9. The van der Waals surface area contributed by atoms with E-state index in [0.717, 1.165) is 6.26 Å². The van der Waals surface area contributed by atoms with Gasteiger partial charge in [0.05, 0.1) is 23.8 Å². The van der Waals surface area contributed by atoms with Gasteiger partial charge in [-0.2, -0.15) is 4.98 Å². The topological polar surface area (TPSA) is 143 Å². The summed E-state index contributed by atoms with van der Waals surface area (Å²) in [6, 6.07) is 13.3. The molecule has 3 aromatic rings. The van der Waals surface area contributed by atoms with Gasteiger partial charge in [0.1, 0.15) is 10.8 Å². The number of aromatic nitrogens is 2. The number of hydrogen-bond acceptors (Lipinski definition) is 8. The van der Waals surface area contributed by atoms with Crippen molar-refractivity contribution in [2.75, 3.05) is 28.2 Å². The average molecular weight is 500 g/mol. The molecule has 0 amide bonds. The summed E-state index contributed by atoms with van der Waals surface area (Å²) >= 11 is 6.20. The number of benzene rings is 2. The molecule has 0 aliphatic rings. The van der Waals surface area contributed by atoms with Gasteiger partial charge in [-0.1, -0.05) is 29.8 Å². The van der Waals surface area contributed by atoms with Gasteiger partial charge in [-0.05, 0) is 24.3 Å². The normalized spacial score (nSPS) is 10.6. The van der Waals surface area contributed by atoms with Crippen LogP contribution in [-0.4, -0.2) is 42.3 Å². The Morgan fingerprint density at radius 3 is 2.53 bits per heavy atom. The number of aliphatic carboxylic acids is 1. The quantitative estimate of drug-likeness (QED) is 0.344. The Kier molecular flexibility index (Phi) is 8.47. The first-order valence-electron chi connectivity index (χ1n) is 8.78. The van der Waals surface area contributed by atoms with Crippen LogP contribution in [-0.2, 0) is 14.8 Å². The maximum Gasteiger partial charge on any atom is 0.341 e. The van der Waals surface area contributed by atoms with E-state index in [9.17, 15) is 13.2 Å².